The van der Waals surface area contributed by atoms with Gasteiger partial charge in [-0.05, 0) is 30.5 Å². The average molecular weight is 323 g/mol. The number of rotatable bonds is 3. The van der Waals surface area contributed by atoms with Gasteiger partial charge in [0.15, 0.2) is 5.69 Å². The van der Waals surface area contributed by atoms with Crippen LogP contribution in [0.5, 0.6) is 0 Å². The molecule has 0 radical (unpaired) electrons. The maximum Gasteiger partial charge on any atom is 0.256 e. The van der Waals surface area contributed by atoms with Crippen molar-refractivity contribution in [2.45, 2.75) is 25.8 Å². The van der Waals surface area contributed by atoms with E-state index in [0.717, 1.165) is 31.2 Å². The van der Waals surface area contributed by atoms with Crippen LogP contribution in [-0.2, 0) is 20.0 Å². The highest BCUT2D eigenvalue weighted by Gasteiger charge is 2.23. The summed E-state index contributed by atoms with van der Waals surface area (Å²) in [6.45, 7) is 2.83. The van der Waals surface area contributed by atoms with E-state index < -0.39 is 0 Å². The minimum atomic E-state index is 0.745. The fourth-order valence-electron chi connectivity index (χ4n) is 3.36. The van der Waals surface area contributed by atoms with Gasteiger partial charge in [-0.2, -0.15) is 5.10 Å². The van der Waals surface area contributed by atoms with Gasteiger partial charge < -0.3 is 5.32 Å². The normalized spacial score (nSPS) is 16.8. The molecule has 4 rings (SSSR count). The highest BCUT2D eigenvalue weighted by atomic mass is 15.4. The van der Waals surface area contributed by atoms with Gasteiger partial charge in [-0.1, -0.05) is 12.1 Å². The molecule has 124 valence electrons. The maximum absolute atomic E-state index is 4.24. The number of aliphatic imine (C=N–C) groups is 1. The lowest BCUT2D eigenvalue weighted by Crippen LogP contribution is -2.39. The molecular formula is C18H23N6+. The first-order chi connectivity index (χ1) is 11.8. The first kappa shape index (κ1) is 14.9. The molecule has 0 fully saturated rings. The van der Waals surface area contributed by atoms with Crippen LogP contribution in [0.15, 0.2) is 40.6 Å². The quantitative estimate of drug-likeness (QED) is 0.507. The Morgan fingerprint density at radius 1 is 1.29 bits per heavy atom. The topological polar surface area (TPSA) is 57.6 Å². The third kappa shape index (κ3) is 2.91. The summed E-state index contributed by atoms with van der Waals surface area (Å²) in [5, 5.41) is 7.34. The van der Waals surface area contributed by atoms with Crippen molar-refractivity contribution in [3.63, 3.8) is 0 Å². The molecule has 24 heavy (non-hydrogen) atoms. The summed E-state index contributed by atoms with van der Waals surface area (Å²) in [7, 11) is 2.17. The largest absolute Gasteiger partial charge is 0.353 e. The molecule has 0 spiro atoms. The van der Waals surface area contributed by atoms with Gasteiger partial charge in [0.1, 0.15) is 6.20 Å². The van der Waals surface area contributed by atoms with Crippen LogP contribution in [0.2, 0.25) is 0 Å². The minimum absolute atomic E-state index is 0.745. The lowest BCUT2D eigenvalue weighted by atomic mass is 10.1. The van der Waals surface area contributed by atoms with E-state index in [0.29, 0.717) is 0 Å². The predicted octanol–water partition coefficient (Wildman–Crippen LogP) is 1.20. The number of guanidine groups is 1. The second kappa shape index (κ2) is 6.47. The zero-order chi connectivity index (χ0) is 16.4. The monoisotopic (exact) mass is 323 g/mol. The molecule has 3 heterocycles. The Hall–Kier alpha value is -2.63. The number of nitrogens with zero attached hydrogens (tertiary/aromatic N) is 4. The molecule has 0 aliphatic carbocycles. The highest BCUT2D eigenvalue weighted by molar-refractivity contribution is 5.85. The first-order valence-corrected chi connectivity index (χ1v) is 8.57. The lowest BCUT2D eigenvalue weighted by Gasteiger charge is -2.07. The number of imidazole rings is 1. The van der Waals surface area contributed by atoms with E-state index in [-0.39, 0.29) is 0 Å². The Balaban J connectivity index is 1.49. The second-order valence-electron chi connectivity index (χ2n) is 6.29. The van der Waals surface area contributed by atoms with E-state index in [2.05, 4.69) is 67.5 Å². The molecular weight excluding hydrogens is 300 g/mol. The van der Waals surface area contributed by atoms with Crippen LogP contribution in [0.3, 0.4) is 0 Å². The maximum atomic E-state index is 4.24. The number of hydrazone groups is 1. The van der Waals surface area contributed by atoms with Crippen LogP contribution in [0, 0.1) is 0 Å². The van der Waals surface area contributed by atoms with Gasteiger partial charge in [0, 0.05) is 18.5 Å². The van der Waals surface area contributed by atoms with Crippen LogP contribution in [0.25, 0.3) is 11.3 Å². The van der Waals surface area contributed by atoms with E-state index >= 15 is 0 Å². The van der Waals surface area contributed by atoms with Crippen molar-refractivity contribution < 1.29 is 4.57 Å². The molecule has 0 saturated heterocycles. The predicted molar refractivity (Wildman–Crippen MR) is 95.0 cm³/mol. The Morgan fingerprint density at radius 2 is 2.17 bits per heavy atom. The SMILES string of the molecule is Cn1c(-c2ccc(/C=N/NC3=NCCN3)cc2)c[n+]2c1CCCC2. The van der Waals surface area contributed by atoms with Crippen LogP contribution in [0.4, 0.5) is 0 Å². The van der Waals surface area contributed by atoms with Crippen LogP contribution in [0.1, 0.15) is 24.2 Å². The van der Waals surface area contributed by atoms with Crippen molar-refractivity contribution >= 4 is 12.2 Å². The third-order valence-corrected chi connectivity index (χ3v) is 4.67. The number of benzene rings is 1. The first-order valence-electron chi connectivity index (χ1n) is 8.57. The van der Waals surface area contributed by atoms with Crippen LogP contribution < -0.4 is 15.3 Å². The summed E-state index contributed by atoms with van der Waals surface area (Å²) < 4.78 is 4.72. The van der Waals surface area contributed by atoms with Gasteiger partial charge in [-0.3, -0.25) is 0 Å². The van der Waals surface area contributed by atoms with Gasteiger partial charge >= 0.3 is 0 Å². The molecule has 0 saturated carbocycles. The standard InChI is InChI=1S/C18H23N6/c1-23-16(13-24-11-3-2-4-17(23)24)15-7-5-14(6-8-15)12-21-22-18-19-9-10-20-18/h5-8,12-13H,2-4,9-11H2,1H3,(H2,19,20,22)/q+1/b21-12+. The van der Waals surface area contributed by atoms with E-state index in [4.69, 9.17) is 0 Å². The molecule has 6 nitrogen and oxygen atoms in total. The van der Waals surface area contributed by atoms with E-state index in [1.54, 1.807) is 0 Å². The number of nitrogens with one attached hydrogen (secondary N) is 2. The van der Waals surface area contributed by atoms with Crippen molar-refractivity contribution in [2.75, 3.05) is 13.1 Å². The summed E-state index contributed by atoms with van der Waals surface area (Å²) in [4.78, 5) is 4.24. The molecule has 2 aliphatic heterocycles. The summed E-state index contributed by atoms with van der Waals surface area (Å²) >= 11 is 0. The molecule has 2 aromatic rings. The number of fused-ring (bicyclic) bond motifs is 1. The van der Waals surface area contributed by atoms with Crippen LogP contribution >= 0.6 is 0 Å². The second-order valence-corrected chi connectivity index (χ2v) is 6.29. The van der Waals surface area contributed by atoms with Crippen molar-refractivity contribution in [3.8, 4) is 11.3 Å². The Kier molecular flexibility index (Phi) is 4.02. The lowest BCUT2D eigenvalue weighted by molar-refractivity contribution is -0.708. The van der Waals surface area contributed by atoms with Gasteiger partial charge in [-0.15, -0.1) is 0 Å². The molecule has 0 atom stereocenters. The van der Waals surface area contributed by atoms with E-state index in [1.165, 1.54) is 36.3 Å². The zero-order valence-corrected chi connectivity index (χ0v) is 14.0. The average Bonchev–Trinajstić information content (AvgIpc) is 3.24. The third-order valence-electron chi connectivity index (χ3n) is 4.67. The van der Waals surface area contributed by atoms with Crippen LogP contribution in [-0.4, -0.2) is 29.8 Å². The molecule has 2 aliphatic rings. The highest BCUT2D eigenvalue weighted by Crippen LogP contribution is 2.21. The summed E-state index contributed by atoms with van der Waals surface area (Å²) in [6, 6.07) is 8.52. The number of aryl methyl sites for hydroxylation is 1. The molecule has 1 aromatic carbocycles. The van der Waals surface area contributed by atoms with Crippen molar-refractivity contribution in [1.29, 1.82) is 0 Å². The summed E-state index contributed by atoms with van der Waals surface area (Å²) in [6.07, 6.45) is 7.84. The zero-order valence-electron chi connectivity index (χ0n) is 14.0. The Labute approximate surface area is 141 Å². The molecule has 0 amide bonds. The summed E-state index contributed by atoms with van der Waals surface area (Å²) in [5.74, 6) is 2.17. The molecule has 0 unspecified atom stereocenters. The Morgan fingerprint density at radius 3 is 2.92 bits per heavy atom. The number of hydrogen-bond donors (Lipinski definition) is 2. The number of aromatic nitrogens is 2. The fourth-order valence-corrected chi connectivity index (χ4v) is 3.36. The van der Waals surface area contributed by atoms with Crippen molar-refractivity contribution in [2.24, 2.45) is 17.1 Å². The number of hydrogen-bond acceptors (Lipinski definition) is 4. The molecule has 6 heteroatoms. The van der Waals surface area contributed by atoms with E-state index in [1.807, 2.05) is 6.21 Å². The Bertz CT molecular complexity index is 785. The molecule has 1 aromatic heterocycles. The fraction of sp³-hybridized carbons (Fsp3) is 0.389. The van der Waals surface area contributed by atoms with Crippen molar-refractivity contribution in [1.82, 2.24) is 15.3 Å². The van der Waals surface area contributed by atoms with Gasteiger partial charge in [0.05, 0.1) is 26.4 Å². The summed E-state index contributed by atoms with van der Waals surface area (Å²) in [5.41, 5.74) is 6.50. The van der Waals surface area contributed by atoms with Gasteiger partial charge in [0.2, 0.25) is 5.96 Å². The smallest absolute Gasteiger partial charge is 0.256 e. The van der Waals surface area contributed by atoms with Crippen molar-refractivity contribution in [3.05, 3.63) is 41.9 Å². The molecule has 2 N–H and O–H groups in total. The van der Waals surface area contributed by atoms with Gasteiger partial charge in [0.25, 0.3) is 5.82 Å². The molecule has 0 bridgehead atoms. The van der Waals surface area contributed by atoms with E-state index in [9.17, 15) is 0 Å². The van der Waals surface area contributed by atoms with Gasteiger partial charge in [-0.25, -0.2) is 19.6 Å². The minimum Gasteiger partial charge on any atom is -0.353 e.